The Kier molecular flexibility index (Phi) is 4.20. The van der Waals surface area contributed by atoms with Crippen LogP contribution in [0.3, 0.4) is 0 Å². The smallest absolute Gasteiger partial charge is 0.397 e. The van der Waals surface area contributed by atoms with E-state index in [1.165, 1.54) is 11.1 Å². The van der Waals surface area contributed by atoms with E-state index < -0.39 is 12.7 Å². The van der Waals surface area contributed by atoms with Gasteiger partial charge in [-0.05, 0) is 32.0 Å². The fourth-order valence-corrected chi connectivity index (χ4v) is 2.44. The average Bonchev–Trinajstić information content (AvgIpc) is 2.32. The molecule has 19 heavy (non-hydrogen) atoms. The maximum absolute atomic E-state index is 12.3. The summed E-state index contributed by atoms with van der Waals surface area (Å²) in [6, 6.07) is 1.71. The summed E-state index contributed by atoms with van der Waals surface area (Å²) in [6.07, 6.45) is -1.32. The molecule has 1 saturated heterocycles. The number of rotatable bonds is 2. The Morgan fingerprint density at radius 2 is 2.00 bits per heavy atom. The Labute approximate surface area is 114 Å². The molecule has 106 valence electrons. The third-order valence-electron chi connectivity index (χ3n) is 3.31. The molecule has 3 nitrogen and oxygen atoms in total. The van der Waals surface area contributed by atoms with Crippen LogP contribution in [0.25, 0.3) is 0 Å². The van der Waals surface area contributed by atoms with E-state index in [9.17, 15) is 13.2 Å². The quantitative estimate of drug-likeness (QED) is 0.911. The Bertz CT molecular complexity index is 442. The van der Waals surface area contributed by atoms with Crippen molar-refractivity contribution in [3.63, 3.8) is 0 Å². The first kappa shape index (κ1) is 14.4. The van der Waals surface area contributed by atoms with Gasteiger partial charge in [-0.2, -0.15) is 13.2 Å². The number of piperidine rings is 1. The maximum Gasteiger partial charge on any atom is 0.401 e. The summed E-state index contributed by atoms with van der Waals surface area (Å²) in [7, 11) is 0. The second-order valence-corrected chi connectivity index (χ2v) is 5.20. The van der Waals surface area contributed by atoms with Crippen molar-refractivity contribution >= 4 is 17.3 Å². The van der Waals surface area contributed by atoms with E-state index in [-0.39, 0.29) is 5.92 Å². The fraction of sp³-hybridized carbons (Fsp3) is 0.583. The zero-order chi connectivity index (χ0) is 14.0. The van der Waals surface area contributed by atoms with Gasteiger partial charge in [-0.3, -0.25) is 9.88 Å². The normalized spacial score (nSPS) is 18.7. The molecule has 1 aromatic heterocycles. The van der Waals surface area contributed by atoms with Crippen LogP contribution in [0, 0.1) is 0 Å². The molecule has 0 aromatic carbocycles. The molecule has 7 heteroatoms. The van der Waals surface area contributed by atoms with Crippen molar-refractivity contribution in [3.8, 4) is 0 Å². The van der Waals surface area contributed by atoms with Gasteiger partial charge in [-0.1, -0.05) is 11.6 Å². The molecule has 2 rings (SSSR count). The number of halogens is 4. The summed E-state index contributed by atoms with van der Waals surface area (Å²) in [6.45, 7) is 0.0126. The molecule has 1 aliphatic rings. The van der Waals surface area contributed by atoms with Crippen LogP contribution >= 0.6 is 11.6 Å². The van der Waals surface area contributed by atoms with E-state index in [4.69, 9.17) is 17.3 Å². The van der Waals surface area contributed by atoms with Gasteiger partial charge in [0.1, 0.15) is 0 Å². The van der Waals surface area contributed by atoms with Crippen LogP contribution < -0.4 is 5.73 Å². The fourth-order valence-electron chi connectivity index (χ4n) is 2.33. The van der Waals surface area contributed by atoms with Crippen molar-refractivity contribution in [2.24, 2.45) is 0 Å². The van der Waals surface area contributed by atoms with Crippen molar-refractivity contribution in [2.75, 3.05) is 25.4 Å². The zero-order valence-corrected chi connectivity index (χ0v) is 11.0. The van der Waals surface area contributed by atoms with Crippen molar-refractivity contribution in [2.45, 2.75) is 24.9 Å². The molecule has 0 bridgehead atoms. The third-order valence-corrected chi connectivity index (χ3v) is 3.63. The highest BCUT2D eigenvalue weighted by Gasteiger charge is 2.32. The maximum atomic E-state index is 12.3. The second-order valence-electron chi connectivity index (χ2n) is 4.80. The van der Waals surface area contributed by atoms with Crippen molar-refractivity contribution in [3.05, 3.63) is 23.0 Å². The summed E-state index contributed by atoms with van der Waals surface area (Å²) in [5, 5.41) is 0.401. The van der Waals surface area contributed by atoms with Crippen LogP contribution in [-0.4, -0.2) is 35.7 Å². The minimum Gasteiger partial charge on any atom is -0.397 e. The van der Waals surface area contributed by atoms with Gasteiger partial charge in [0, 0.05) is 17.8 Å². The van der Waals surface area contributed by atoms with Gasteiger partial charge >= 0.3 is 6.18 Å². The van der Waals surface area contributed by atoms with Gasteiger partial charge in [-0.25, -0.2) is 0 Å². The molecule has 0 unspecified atom stereocenters. The lowest BCUT2D eigenvalue weighted by atomic mass is 9.93. The highest BCUT2D eigenvalue weighted by Crippen LogP contribution is 2.30. The minimum atomic E-state index is -4.13. The first-order valence-corrected chi connectivity index (χ1v) is 6.43. The highest BCUT2D eigenvalue weighted by molar-refractivity contribution is 6.32. The van der Waals surface area contributed by atoms with Gasteiger partial charge in [0.2, 0.25) is 0 Å². The van der Waals surface area contributed by atoms with Crippen LogP contribution in [-0.2, 0) is 0 Å². The Morgan fingerprint density at radius 3 is 2.53 bits per heavy atom. The lowest BCUT2D eigenvalue weighted by molar-refractivity contribution is -0.147. The molecular weight excluding hydrogens is 279 g/mol. The number of aromatic nitrogens is 1. The number of nitrogens with zero attached hydrogens (tertiary/aromatic N) is 2. The lowest BCUT2D eigenvalue weighted by Crippen LogP contribution is -2.39. The van der Waals surface area contributed by atoms with Crippen LogP contribution in [0.4, 0.5) is 18.9 Å². The summed E-state index contributed by atoms with van der Waals surface area (Å²) in [4.78, 5) is 5.64. The first-order valence-electron chi connectivity index (χ1n) is 6.05. The SMILES string of the molecule is Nc1cc(C2CCN(CC(F)(F)F)CC2)ncc1Cl. The molecule has 1 aliphatic heterocycles. The monoisotopic (exact) mass is 293 g/mol. The molecule has 0 radical (unpaired) electrons. The standard InChI is InChI=1S/C12H15ClF3N3/c13-9-6-18-11(5-10(9)17)8-1-3-19(4-2-8)7-12(14,15)16/h5-6,8H,1-4,7H2,(H2,17,18). The third kappa shape index (κ3) is 3.98. The van der Waals surface area contributed by atoms with Crippen LogP contribution in [0.5, 0.6) is 0 Å². The van der Waals surface area contributed by atoms with E-state index in [0.29, 0.717) is 36.6 Å². The molecule has 0 spiro atoms. The molecule has 1 aromatic rings. The number of hydrogen-bond donors (Lipinski definition) is 1. The van der Waals surface area contributed by atoms with Crippen LogP contribution in [0.2, 0.25) is 5.02 Å². The van der Waals surface area contributed by atoms with Crippen molar-refractivity contribution < 1.29 is 13.2 Å². The van der Waals surface area contributed by atoms with Crippen LogP contribution in [0.1, 0.15) is 24.5 Å². The number of nitrogen functional groups attached to an aromatic ring is 1. The Hall–Kier alpha value is -1.01. The summed E-state index contributed by atoms with van der Waals surface area (Å²) in [5.41, 5.74) is 6.98. The largest absolute Gasteiger partial charge is 0.401 e. The van der Waals surface area contributed by atoms with E-state index in [1.807, 2.05) is 0 Å². The summed E-state index contributed by atoms with van der Waals surface area (Å²) < 4.78 is 36.8. The van der Waals surface area contributed by atoms with E-state index in [2.05, 4.69) is 4.98 Å². The minimum absolute atomic E-state index is 0.157. The molecule has 0 aliphatic carbocycles. The number of nitrogens with two attached hydrogens (primary N) is 1. The van der Waals surface area contributed by atoms with Gasteiger partial charge in [0.25, 0.3) is 0 Å². The molecule has 0 atom stereocenters. The van der Waals surface area contributed by atoms with Gasteiger partial charge in [0.05, 0.1) is 17.3 Å². The number of alkyl halides is 3. The topological polar surface area (TPSA) is 42.1 Å². The lowest BCUT2D eigenvalue weighted by Gasteiger charge is -2.32. The molecule has 0 saturated carbocycles. The highest BCUT2D eigenvalue weighted by atomic mass is 35.5. The zero-order valence-electron chi connectivity index (χ0n) is 10.3. The second kappa shape index (κ2) is 5.54. The number of likely N-dealkylation sites (tertiary alicyclic amines) is 1. The Morgan fingerprint density at radius 1 is 1.37 bits per heavy atom. The molecule has 2 heterocycles. The van der Waals surface area contributed by atoms with E-state index in [1.54, 1.807) is 6.07 Å². The first-order chi connectivity index (χ1) is 8.85. The molecule has 0 amide bonds. The number of pyridine rings is 1. The van der Waals surface area contributed by atoms with Crippen LogP contribution in [0.15, 0.2) is 12.3 Å². The average molecular weight is 294 g/mol. The predicted molar refractivity (Wildman–Crippen MR) is 68.1 cm³/mol. The summed E-state index contributed by atoms with van der Waals surface area (Å²) in [5.74, 6) is 0.157. The molecule has 2 N–H and O–H groups in total. The van der Waals surface area contributed by atoms with Gasteiger partial charge < -0.3 is 5.73 Å². The van der Waals surface area contributed by atoms with E-state index >= 15 is 0 Å². The van der Waals surface area contributed by atoms with Gasteiger partial charge in [0.15, 0.2) is 0 Å². The van der Waals surface area contributed by atoms with E-state index in [0.717, 1.165) is 5.69 Å². The van der Waals surface area contributed by atoms with Crippen molar-refractivity contribution in [1.29, 1.82) is 0 Å². The molecular formula is C12H15ClF3N3. The number of hydrogen-bond acceptors (Lipinski definition) is 3. The molecule has 1 fully saturated rings. The van der Waals surface area contributed by atoms with Gasteiger partial charge in [-0.15, -0.1) is 0 Å². The Balaban J connectivity index is 1.94. The number of anilines is 1. The predicted octanol–water partition coefficient (Wildman–Crippen LogP) is 3.06. The van der Waals surface area contributed by atoms with Crippen molar-refractivity contribution in [1.82, 2.24) is 9.88 Å². The summed E-state index contributed by atoms with van der Waals surface area (Å²) >= 11 is 5.79.